The van der Waals surface area contributed by atoms with Gasteiger partial charge in [-0.1, -0.05) is 27.7 Å². The maximum atomic E-state index is 9.89. The summed E-state index contributed by atoms with van der Waals surface area (Å²) in [6.07, 6.45) is 0. The average Bonchev–Trinajstić information content (AvgIpc) is 2.67. The van der Waals surface area contributed by atoms with Crippen molar-refractivity contribution in [1.29, 1.82) is 0 Å². The maximum Gasteiger partial charge on any atom is 0.0549 e. The van der Waals surface area contributed by atoms with E-state index in [1.807, 2.05) is 13.8 Å². The Bertz CT molecular complexity index is 354. The number of likely N-dealkylation sites (tertiary alicyclic amines) is 1. The molecular weight excluding hydrogens is 282 g/mol. The van der Waals surface area contributed by atoms with Crippen LogP contribution in [-0.4, -0.2) is 74.9 Å². The molecule has 0 aliphatic carbocycles. The highest BCUT2D eigenvalue weighted by Crippen LogP contribution is 2.48. The monoisotopic (exact) mass is 315 g/mol. The third-order valence-corrected chi connectivity index (χ3v) is 6.53. The summed E-state index contributed by atoms with van der Waals surface area (Å²) in [5, 5.41) is 19.8. The molecule has 2 saturated heterocycles. The van der Waals surface area contributed by atoms with Crippen molar-refractivity contribution >= 4 is 0 Å². The second-order valence-electron chi connectivity index (χ2n) is 8.72. The van der Waals surface area contributed by atoms with Gasteiger partial charge in [-0.25, -0.2) is 0 Å². The Hall–Kier alpha value is -0.200. The molecule has 4 atom stereocenters. The minimum atomic E-state index is -0.518. The van der Waals surface area contributed by atoms with Gasteiger partial charge in [0, 0.05) is 34.7 Å². The number of hydrogen-bond donors (Lipinski definition) is 2. The molecule has 0 radical (unpaired) electrons. The van der Waals surface area contributed by atoms with Crippen molar-refractivity contribution in [2.75, 3.05) is 59.8 Å². The smallest absolute Gasteiger partial charge is 0.0549 e. The van der Waals surface area contributed by atoms with E-state index in [0.717, 1.165) is 13.1 Å². The second kappa shape index (κ2) is 6.02. The van der Waals surface area contributed by atoms with Gasteiger partial charge < -0.3 is 24.6 Å². The van der Waals surface area contributed by atoms with Crippen LogP contribution in [0.1, 0.15) is 27.7 Å². The van der Waals surface area contributed by atoms with Crippen LogP contribution in [0.5, 0.6) is 0 Å². The lowest BCUT2D eigenvalue weighted by Crippen LogP contribution is -2.53. The van der Waals surface area contributed by atoms with Crippen LogP contribution in [0.25, 0.3) is 0 Å². The largest absolute Gasteiger partial charge is 0.396 e. The number of rotatable bonds is 2. The van der Waals surface area contributed by atoms with Gasteiger partial charge in [-0.2, -0.15) is 0 Å². The third kappa shape index (κ3) is 2.82. The van der Waals surface area contributed by atoms with Crippen LogP contribution in [0.3, 0.4) is 0 Å². The van der Waals surface area contributed by atoms with Crippen LogP contribution in [-0.2, 0) is 9.47 Å². The molecule has 0 amide bonds. The zero-order valence-corrected chi connectivity index (χ0v) is 14.8. The van der Waals surface area contributed by atoms with Crippen molar-refractivity contribution in [3.63, 3.8) is 0 Å². The first-order chi connectivity index (χ1) is 10.1. The summed E-state index contributed by atoms with van der Waals surface area (Å²) in [6, 6.07) is 0. The van der Waals surface area contributed by atoms with Crippen LogP contribution in [0.4, 0.5) is 0 Å². The van der Waals surface area contributed by atoms with Crippen LogP contribution >= 0.6 is 0 Å². The topological polar surface area (TPSA) is 62.2 Å². The number of aliphatic hydroxyl groups is 2. The highest BCUT2D eigenvalue weighted by atomic mass is 16.5. The SMILES string of the molecule is CN1CC2(C)COCC(C)(CO)C(C)(CO)COCC2(C)C1. The fraction of sp³-hybridized carbons (Fsp3) is 1.00. The van der Waals surface area contributed by atoms with Crippen molar-refractivity contribution in [3.05, 3.63) is 0 Å². The fourth-order valence-electron chi connectivity index (χ4n) is 3.89. The molecule has 130 valence electrons. The first-order valence-electron chi connectivity index (χ1n) is 8.20. The predicted molar refractivity (Wildman–Crippen MR) is 85.7 cm³/mol. The minimum absolute atomic E-state index is 0.0265. The first kappa shape index (κ1) is 18.1. The van der Waals surface area contributed by atoms with Gasteiger partial charge in [-0.15, -0.1) is 0 Å². The molecule has 2 fully saturated rings. The van der Waals surface area contributed by atoms with E-state index >= 15 is 0 Å². The summed E-state index contributed by atoms with van der Waals surface area (Å²) < 4.78 is 12.2. The normalized spacial score (nSPS) is 48.1. The summed E-state index contributed by atoms with van der Waals surface area (Å²) in [6.45, 7) is 12.5. The predicted octanol–water partition coefficient (Wildman–Crippen LogP) is 0.988. The van der Waals surface area contributed by atoms with Crippen molar-refractivity contribution in [2.45, 2.75) is 27.7 Å². The molecule has 2 aliphatic heterocycles. The molecule has 0 aromatic rings. The van der Waals surface area contributed by atoms with Crippen molar-refractivity contribution in [3.8, 4) is 0 Å². The number of fused-ring (bicyclic) bond motifs is 1. The molecule has 2 N–H and O–H groups in total. The summed E-state index contributed by atoms with van der Waals surface area (Å²) in [5.41, 5.74) is -0.969. The van der Waals surface area contributed by atoms with Gasteiger partial charge in [-0.05, 0) is 7.05 Å². The highest BCUT2D eigenvalue weighted by molar-refractivity contribution is 5.03. The van der Waals surface area contributed by atoms with E-state index in [4.69, 9.17) is 9.47 Å². The van der Waals surface area contributed by atoms with E-state index in [1.165, 1.54) is 0 Å². The Morgan fingerprint density at radius 1 is 0.773 bits per heavy atom. The molecule has 0 saturated carbocycles. The third-order valence-electron chi connectivity index (χ3n) is 6.53. The Labute approximate surface area is 134 Å². The van der Waals surface area contributed by atoms with Gasteiger partial charge in [0.25, 0.3) is 0 Å². The van der Waals surface area contributed by atoms with Crippen LogP contribution in [0.2, 0.25) is 0 Å². The van der Waals surface area contributed by atoms with E-state index in [1.54, 1.807) is 0 Å². The molecule has 2 aliphatic rings. The Balaban J connectivity index is 2.25. The summed E-state index contributed by atoms with van der Waals surface area (Å²) in [7, 11) is 2.14. The Morgan fingerprint density at radius 2 is 1.14 bits per heavy atom. The molecule has 0 aromatic carbocycles. The van der Waals surface area contributed by atoms with Gasteiger partial charge >= 0.3 is 0 Å². The number of aliphatic hydroxyl groups excluding tert-OH is 2. The van der Waals surface area contributed by atoms with Crippen molar-refractivity contribution in [2.24, 2.45) is 21.7 Å². The molecule has 2 rings (SSSR count). The van der Waals surface area contributed by atoms with Crippen LogP contribution in [0, 0.1) is 21.7 Å². The minimum Gasteiger partial charge on any atom is -0.396 e. The average molecular weight is 315 g/mol. The molecule has 2 heterocycles. The second-order valence-corrected chi connectivity index (χ2v) is 8.72. The van der Waals surface area contributed by atoms with E-state index < -0.39 is 10.8 Å². The van der Waals surface area contributed by atoms with E-state index in [-0.39, 0.29) is 24.0 Å². The molecule has 5 heteroatoms. The lowest BCUT2D eigenvalue weighted by Gasteiger charge is -2.48. The zero-order valence-electron chi connectivity index (χ0n) is 14.8. The van der Waals surface area contributed by atoms with Gasteiger partial charge in [0.2, 0.25) is 0 Å². The van der Waals surface area contributed by atoms with Gasteiger partial charge in [0.15, 0.2) is 0 Å². The summed E-state index contributed by atoms with van der Waals surface area (Å²) >= 11 is 0. The standard InChI is InChI=1S/C17H33NO4/c1-14-6-18(5)7-15(14,2)11-22-13-17(4,9-20)16(3,8-19)12-21-10-14/h19-20H,6-13H2,1-5H3. The van der Waals surface area contributed by atoms with Gasteiger partial charge in [0.1, 0.15) is 0 Å². The quantitative estimate of drug-likeness (QED) is 0.796. The first-order valence-corrected chi connectivity index (χ1v) is 8.20. The van der Waals surface area contributed by atoms with Crippen molar-refractivity contribution < 1.29 is 19.7 Å². The van der Waals surface area contributed by atoms with E-state index in [0.29, 0.717) is 26.4 Å². The number of nitrogens with zero attached hydrogens (tertiary/aromatic N) is 1. The molecular formula is C17H33NO4. The lowest BCUT2D eigenvalue weighted by atomic mass is 9.66. The fourth-order valence-corrected chi connectivity index (χ4v) is 3.89. The number of ether oxygens (including phenoxy) is 2. The lowest BCUT2D eigenvalue weighted by molar-refractivity contribution is -0.160. The Kier molecular flexibility index (Phi) is 4.97. The molecule has 5 nitrogen and oxygen atoms in total. The van der Waals surface area contributed by atoms with Crippen LogP contribution < -0.4 is 0 Å². The summed E-state index contributed by atoms with van der Waals surface area (Å²) in [5.74, 6) is 0. The van der Waals surface area contributed by atoms with Crippen molar-refractivity contribution in [1.82, 2.24) is 4.90 Å². The molecule has 4 unspecified atom stereocenters. The molecule has 0 aromatic heterocycles. The van der Waals surface area contributed by atoms with Gasteiger partial charge in [-0.3, -0.25) is 0 Å². The molecule has 0 spiro atoms. The number of hydrogen-bond acceptors (Lipinski definition) is 5. The van der Waals surface area contributed by atoms with Gasteiger partial charge in [0.05, 0.1) is 39.6 Å². The highest BCUT2D eigenvalue weighted by Gasteiger charge is 2.53. The van der Waals surface area contributed by atoms with E-state index in [2.05, 4.69) is 25.8 Å². The Morgan fingerprint density at radius 3 is 1.45 bits per heavy atom. The van der Waals surface area contributed by atoms with Crippen LogP contribution in [0.15, 0.2) is 0 Å². The maximum absolute atomic E-state index is 9.89. The molecule has 0 bridgehead atoms. The molecule has 22 heavy (non-hydrogen) atoms. The zero-order chi connectivity index (χ0) is 16.6. The summed E-state index contributed by atoms with van der Waals surface area (Å²) in [4.78, 5) is 2.33. The van der Waals surface area contributed by atoms with E-state index in [9.17, 15) is 10.2 Å².